The van der Waals surface area contributed by atoms with E-state index in [4.69, 9.17) is 4.74 Å². The summed E-state index contributed by atoms with van der Waals surface area (Å²) < 4.78 is 5.31. The van der Waals surface area contributed by atoms with Gasteiger partial charge in [-0.2, -0.15) is 0 Å². The van der Waals surface area contributed by atoms with Crippen LogP contribution in [-0.2, 0) is 0 Å². The first-order chi connectivity index (χ1) is 11.0. The average Bonchev–Trinajstić information content (AvgIpc) is 2.53. The summed E-state index contributed by atoms with van der Waals surface area (Å²) in [5.41, 5.74) is 1.82. The van der Waals surface area contributed by atoms with E-state index in [2.05, 4.69) is 29.2 Å². The lowest BCUT2D eigenvalue weighted by Crippen LogP contribution is -2.51. The number of hydrogen-bond donors (Lipinski definition) is 1. The van der Waals surface area contributed by atoms with Gasteiger partial charge in [-0.15, -0.1) is 0 Å². The molecule has 128 valence electrons. The summed E-state index contributed by atoms with van der Waals surface area (Å²) in [5, 5.41) is 2.97. The van der Waals surface area contributed by atoms with Gasteiger partial charge in [0.1, 0.15) is 5.75 Å². The Morgan fingerprint density at radius 2 is 1.96 bits per heavy atom. The van der Waals surface area contributed by atoms with Crippen molar-refractivity contribution >= 4 is 11.7 Å². The Labute approximate surface area is 139 Å². The van der Waals surface area contributed by atoms with Gasteiger partial charge >= 0.3 is 6.03 Å². The average molecular weight is 320 g/mol. The summed E-state index contributed by atoms with van der Waals surface area (Å²) in [5.74, 6) is 0.688. The van der Waals surface area contributed by atoms with Gasteiger partial charge in [0.25, 0.3) is 0 Å². The molecule has 1 heterocycles. The van der Waals surface area contributed by atoms with Crippen molar-refractivity contribution < 1.29 is 9.53 Å². The van der Waals surface area contributed by atoms with Crippen molar-refractivity contribution in [1.82, 2.24) is 14.7 Å². The molecule has 0 atom stereocenters. The highest BCUT2D eigenvalue weighted by Gasteiger charge is 2.21. The number of ether oxygens (including phenoxy) is 1. The van der Waals surface area contributed by atoms with Gasteiger partial charge in [-0.3, -0.25) is 4.90 Å². The maximum Gasteiger partial charge on any atom is 0.322 e. The second-order valence-corrected chi connectivity index (χ2v) is 6.27. The molecule has 0 bridgehead atoms. The number of hydrogen-bond acceptors (Lipinski definition) is 4. The van der Waals surface area contributed by atoms with Crippen LogP contribution >= 0.6 is 0 Å². The SMILES string of the molecule is COc1ccc(C)cc1NC(=O)N1CCN(CCN(C)C)CC1. The normalized spacial score (nSPS) is 15.8. The molecule has 0 unspecified atom stereocenters. The predicted octanol–water partition coefficient (Wildman–Crippen LogP) is 1.71. The molecule has 1 aliphatic rings. The number of aryl methyl sites for hydroxylation is 1. The van der Waals surface area contributed by atoms with Crippen LogP contribution in [0.5, 0.6) is 5.75 Å². The van der Waals surface area contributed by atoms with Gasteiger partial charge in [-0.1, -0.05) is 6.07 Å². The highest BCUT2D eigenvalue weighted by molar-refractivity contribution is 5.91. The van der Waals surface area contributed by atoms with Crippen molar-refractivity contribution in [3.63, 3.8) is 0 Å². The number of methoxy groups -OCH3 is 1. The predicted molar refractivity (Wildman–Crippen MR) is 93.3 cm³/mol. The van der Waals surface area contributed by atoms with Crippen molar-refractivity contribution in [2.45, 2.75) is 6.92 Å². The molecule has 1 aliphatic heterocycles. The van der Waals surface area contributed by atoms with Crippen LogP contribution in [0.1, 0.15) is 5.56 Å². The standard InChI is InChI=1S/C17H28N4O2/c1-14-5-6-16(23-4)15(13-14)18-17(22)21-11-9-20(10-12-21)8-7-19(2)3/h5-6,13H,7-12H2,1-4H3,(H,18,22). The van der Waals surface area contributed by atoms with Crippen molar-refractivity contribution in [2.24, 2.45) is 0 Å². The Hall–Kier alpha value is -1.79. The number of amides is 2. The lowest BCUT2D eigenvalue weighted by atomic mass is 10.2. The molecular formula is C17H28N4O2. The minimum atomic E-state index is -0.0545. The highest BCUT2D eigenvalue weighted by Crippen LogP contribution is 2.25. The molecule has 0 saturated carbocycles. The molecule has 1 aromatic carbocycles. The van der Waals surface area contributed by atoms with Gasteiger partial charge in [-0.05, 0) is 38.7 Å². The van der Waals surface area contributed by atoms with Crippen LogP contribution in [0.4, 0.5) is 10.5 Å². The van der Waals surface area contributed by atoms with Crippen molar-refractivity contribution in [1.29, 1.82) is 0 Å². The van der Waals surface area contributed by atoms with Crippen LogP contribution in [0.3, 0.4) is 0 Å². The van der Waals surface area contributed by atoms with Crippen LogP contribution in [0.25, 0.3) is 0 Å². The third kappa shape index (κ3) is 5.11. The third-order valence-corrected chi connectivity index (χ3v) is 4.12. The van der Waals surface area contributed by atoms with E-state index in [9.17, 15) is 4.79 Å². The van der Waals surface area contributed by atoms with Gasteiger partial charge in [0.15, 0.2) is 0 Å². The minimum absolute atomic E-state index is 0.0545. The van der Waals surface area contributed by atoms with Gasteiger partial charge in [0, 0.05) is 39.3 Å². The van der Waals surface area contributed by atoms with E-state index >= 15 is 0 Å². The fourth-order valence-electron chi connectivity index (χ4n) is 2.63. The number of carbonyl (C=O) groups excluding carboxylic acids is 1. The molecule has 6 heteroatoms. The Balaban J connectivity index is 1.87. The molecule has 2 amide bonds. The summed E-state index contributed by atoms with van der Waals surface area (Å²) in [4.78, 5) is 18.9. The Kier molecular flexibility index (Phi) is 6.24. The van der Waals surface area contributed by atoms with E-state index < -0.39 is 0 Å². The second-order valence-electron chi connectivity index (χ2n) is 6.27. The van der Waals surface area contributed by atoms with Gasteiger partial charge in [0.2, 0.25) is 0 Å². The summed E-state index contributed by atoms with van der Waals surface area (Å²) in [6.45, 7) is 7.46. The van der Waals surface area contributed by atoms with E-state index in [1.165, 1.54) is 0 Å². The molecule has 0 aromatic heterocycles. The van der Waals surface area contributed by atoms with Crippen molar-refractivity contribution in [3.05, 3.63) is 23.8 Å². The van der Waals surface area contributed by atoms with Gasteiger partial charge < -0.3 is 19.9 Å². The van der Waals surface area contributed by atoms with E-state index in [0.717, 1.165) is 50.5 Å². The molecule has 1 N–H and O–H groups in total. The maximum absolute atomic E-state index is 12.5. The topological polar surface area (TPSA) is 48.1 Å². The summed E-state index contributed by atoms with van der Waals surface area (Å²) in [6, 6.07) is 5.73. The van der Waals surface area contributed by atoms with Crippen LogP contribution in [0, 0.1) is 6.92 Å². The van der Waals surface area contributed by atoms with E-state index in [1.54, 1.807) is 7.11 Å². The lowest BCUT2D eigenvalue weighted by Gasteiger charge is -2.35. The summed E-state index contributed by atoms with van der Waals surface area (Å²) >= 11 is 0. The molecular weight excluding hydrogens is 292 g/mol. The number of urea groups is 1. The van der Waals surface area contributed by atoms with Crippen LogP contribution in [0.15, 0.2) is 18.2 Å². The van der Waals surface area contributed by atoms with Crippen molar-refractivity contribution in [3.8, 4) is 5.75 Å². The molecule has 0 radical (unpaired) electrons. The molecule has 0 aliphatic carbocycles. The number of carbonyl (C=O) groups is 1. The van der Waals surface area contributed by atoms with Gasteiger partial charge in [0.05, 0.1) is 12.8 Å². The fourth-order valence-corrected chi connectivity index (χ4v) is 2.63. The lowest BCUT2D eigenvalue weighted by molar-refractivity contribution is 0.140. The number of likely N-dealkylation sites (N-methyl/N-ethyl adjacent to an activating group) is 1. The number of piperazine rings is 1. The first kappa shape index (κ1) is 17.6. The van der Waals surface area contributed by atoms with Crippen LogP contribution in [-0.4, -0.2) is 81.2 Å². The smallest absolute Gasteiger partial charge is 0.322 e. The fraction of sp³-hybridized carbons (Fsp3) is 0.588. The quantitative estimate of drug-likeness (QED) is 0.897. The van der Waals surface area contributed by atoms with E-state index in [1.807, 2.05) is 30.0 Å². The molecule has 23 heavy (non-hydrogen) atoms. The van der Waals surface area contributed by atoms with E-state index in [0.29, 0.717) is 5.75 Å². The maximum atomic E-state index is 12.5. The number of benzene rings is 1. The molecule has 6 nitrogen and oxygen atoms in total. The van der Waals surface area contributed by atoms with Crippen LogP contribution < -0.4 is 10.1 Å². The largest absolute Gasteiger partial charge is 0.495 e. The second kappa shape index (κ2) is 8.17. The number of anilines is 1. The number of rotatable bonds is 5. The molecule has 1 fully saturated rings. The number of nitrogens with one attached hydrogen (secondary N) is 1. The third-order valence-electron chi connectivity index (χ3n) is 4.12. The Bertz CT molecular complexity index is 525. The summed E-state index contributed by atoms with van der Waals surface area (Å²) in [6.07, 6.45) is 0. The monoisotopic (exact) mass is 320 g/mol. The first-order valence-corrected chi connectivity index (χ1v) is 8.07. The van der Waals surface area contributed by atoms with Crippen molar-refractivity contribution in [2.75, 3.05) is 65.8 Å². The molecule has 1 aromatic rings. The van der Waals surface area contributed by atoms with Crippen LogP contribution in [0.2, 0.25) is 0 Å². The zero-order valence-corrected chi connectivity index (χ0v) is 14.6. The van der Waals surface area contributed by atoms with E-state index in [-0.39, 0.29) is 6.03 Å². The zero-order valence-electron chi connectivity index (χ0n) is 14.6. The first-order valence-electron chi connectivity index (χ1n) is 8.07. The number of nitrogens with zero attached hydrogens (tertiary/aromatic N) is 3. The highest BCUT2D eigenvalue weighted by atomic mass is 16.5. The minimum Gasteiger partial charge on any atom is -0.495 e. The molecule has 1 saturated heterocycles. The Morgan fingerprint density at radius 3 is 2.57 bits per heavy atom. The summed E-state index contributed by atoms with van der Waals surface area (Å²) in [7, 11) is 5.78. The Morgan fingerprint density at radius 1 is 1.26 bits per heavy atom. The zero-order chi connectivity index (χ0) is 16.8. The van der Waals surface area contributed by atoms with Gasteiger partial charge in [-0.25, -0.2) is 4.79 Å². The molecule has 2 rings (SSSR count). The molecule has 0 spiro atoms.